The largest absolute Gasteiger partial charge is 0.417 e. The van der Waals surface area contributed by atoms with Gasteiger partial charge in [-0.05, 0) is 34.9 Å². The van der Waals surface area contributed by atoms with Crippen LogP contribution in [0.4, 0.5) is 13.2 Å². The number of hydrogen-bond acceptors (Lipinski definition) is 1. The molecule has 0 aliphatic carbocycles. The molecule has 5 heteroatoms. The van der Waals surface area contributed by atoms with Gasteiger partial charge in [0, 0.05) is 5.56 Å². The zero-order valence-corrected chi connectivity index (χ0v) is 10.3. The smallest absolute Gasteiger partial charge is 0.276 e. The maximum atomic E-state index is 13.0. The van der Waals surface area contributed by atoms with Gasteiger partial charge in [-0.15, -0.1) is 0 Å². The number of halogens is 4. The highest BCUT2D eigenvalue weighted by Gasteiger charge is 2.34. The molecule has 1 nitrogen and oxygen atoms in total. The Hall–Kier alpha value is -1.81. The Kier molecular flexibility index (Phi) is 3.62. The molecule has 0 aliphatic heterocycles. The Morgan fingerprint density at radius 1 is 1.00 bits per heavy atom. The van der Waals surface area contributed by atoms with E-state index in [-0.39, 0.29) is 11.1 Å². The van der Waals surface area contributed by atoms with Crippen LogP contribution in [0.25, 0.3) is 11.1 Å². The van der Waals surface area contributed by atoms with Gasteiger partial charge in [0.2, 0.25) is 0 Å². The van der Waals surface area contributed by atoms with Crippen LogP contribution in [0.5, 0.6) is 0 Å². The number of hydrogen-bond donors (Lipinski definition) is 0. The van der Waals surface area contributed by atoms with Crippen LogP contribution in [-0.4, -0.2) is 5.24 Å². The first-order valence-corrected chi connectivity index (χ1v) is 5.74. The highest BCUT2D eigenvalue weighted by atomic mass is 35.5. The summed E-state index contributed by atoms with van der Waals surface area (Å²) in [6.45, 7) is 0. The number of carbonyl (C=O) groups excluding carboxylic acids is 1. The fourth-order valence-corrected chi connectivity index (χ4v) is 1.89. The van der Waals surface area contributed by atoms with Gasteiger partial charge in [-0.3, -0.25) is 4.79 Å². The van der Waals surface area contributed by atoms with Crippen LogP contribution < -0.4 is 0 Å². The van der Waals surface area contributed by atoms with Crippen molar-refractivity contribution in [3.05, 3.63) is 59.7 Å². The molecule has 0 atom stereocenters. The zero-order chi connectivity index (χ0) is 14.0. The second kappa shape index (κ2) is 5.05. The SMILES string of the molecule is O=C(Cl)c1ccc(-c2ccccc2)c(C(F)(F)F)c1. The molecule has 0 saturated heterocycles. The van der Waals surface area contributed by atoms with Crippen molar-refractivity contribution in [1.82, 2.24) is 0 Å². The molecule has 0 saturated carbocycles. The fourth-order valence-electron chi connectivity index (χ4n) is 1.77. The van der Waals surface area contributed by atoms with E-state index >= 15 is 0 Å². The molecule has 98 valence electrons. The molecule has 0 aromatic heterocycles. The van der Waals surface area contributed by atoms with Crippen LogP contribution in [0.3, 0.4) is 0 Å². The maximum Gasteiger partial charge on any atom is 0.417 e. The van der Waals surface area contributed by atoms with Gasteiger partial charge < -0.3 is 0 Å². The Labute approximate surface area is 112 Å². The van der Waals surface area contributed by atoms with Crippen molar-refractivity contribution >= 4 is 16.8 Å². The van der Waals surface area contributed by atoms with Crippen LogP contribution in [0.2, 0.25) is 0 Å². The summed E-state index contributed by atoms with van der Waals surface area (Å²) < 4.78 is 39.1. The second-order valence-electron chi connectivity index (χ2n) is 3.90. The van der Waals surface area contributed by atoms with Crippen LogP contribution in [0.15, 0.2) is 48.5 Å². The topological polar surface area (TPSA) is 17.1 Å². The molecule has 0 radical (unpaired) electrons. The number of benzene rings is 2. The average molecular weight is 285 g/mol. The quantitative estimate of drug-likeness (QED) is 0.727. The van der Waals surface area contributed by atoms with Crippen LogP contribution in [0, 0.1) is 0 Å². The first-order valence-electron chi connectivity index (χ1n) is 5.36. The van der Waals surface area contributed by atoms with E-state index in [1.165, 1.54) is 12.1 Å². The van der Waals surface area contributed by atoms with Crippen molar-refractivity contribution in [2.45, 2.75) is 6.18 Å². The lowest BCUT2D eigenvalue weighted by atomic mass is 9.97. The molecule has 0 amide bonds. The maximum absolute atomic E-state index is 13.0. The molecule has 2 rings (SSSR count). The van der Waals surface area contributed by atoms with E-state index in [1.807, 2.05) is 0 Å². The Morgan fingerprint density at radius 2 is 1.63 bits per heavy atom. The van der Waals surface area contributed by atoms with Gasteiger partial charge >= 0.3 is 6.18 Å². The van der Waals surface area contributed by atoms with Gasteiger partial charge in [0.05, 0.1) is 5.56 Å². The lowest BCUT2D eigenvalue weighted by molar-refractivity contribution is -0.137. The first-order chi connectivity index (χ1) is 8.89. The molecular formula is C14H8ClF3O. The van der Waals surface area contributed by atoms with Crippen molar-refractivity contribution in [2.75, 3.05) is 0 Å². The zero-order valence-electron chi connectivity index (χ0n) is 9.54. The molecule has 2 aromatic carbocycles. The third kappa shape index (κ3) is 2.96. The minimum atomic E-state index is -4.55. The van der Waals surface area contributed by atoms with Crippen molar-refractivity contribution in [3.8, 4) is 11.1 Å². The summed E-state index contributed by atoms with van der Waals surface area (Å²) in [5.41, 5.74) is -0.586. The predicted molar refractivity (Wildman–Crippen MR) is 67.1 cm³/mol. The van der Waals surface area contributed by atoms with Gasteiger partial charge in [-0.1, -0.05) is 36.4 Å². The fraction of sp³-hybridized carbons (Fsp3) is 0.0714. The van der Waals surface area contributed by atoms with E-state index < -0.39 is 17.0 Å². The van der Waals surface area contributed by atoms with E-state index in [4.69, 9.17) is 11.6 Å². The summed E-state index contributed by atoms with van der Waals surface area (Å²) in [5, 5.41) is -0.912. The monoisotopic (exact) mass is 284 g/mol. The first kappa shape index (κ1) is 13.6. The minimum Gasteiger partial charge on any atom is -0.276 e. The van der Waals surface area contributed by atoms with Crippen molar-refractivity contribution in [3.63, 3.8) is 0 Å². The van der Waals surface area contributed by atoms with E-state index in [0.29, 0.717) is 5.56 Å². The summed E-state index contributed by atoms with van der Waals surface area (Å²) in [5.74, 6) is 0. The Morgan fingerprint density at radius 3 is 2.16 bits per heavy atom. The van der Waals surface area contributed by atoms with Crippen molar-refractivity contribution in [2.24, 2.45) is 0 Å². The summed E-state index contributed by atoms with van der Waals surface area (Å²) in [4.78, 5) is 11.0. The molecule has 19 heavy (non-hydrogen) atoms. The van der Waals surface area contributed by atoms with E-state index in [9.17, 15) is 18.0 Å². The summed E-state index contributed by atoms with van der Waals surface area (Å²) >= 11 is 5.22. The number of alkyl halides is 3. The summed E-state index contributed by atoms with van der Waals surface area (Å²) in [6.07, 6.45) is -4.55. The molecule has 0 aliphatic rings. The normalized spacial score (nSPS) is 11.4. The van der Waals surface area contributed by atoms with Gasteiger partial charge in [0.15, 0.2) is 0 Å². The van der Waals surface area contributed by atoms with Crippen LogP contribution in [0.1, 0.15) is 15.9 Å². The second-order valence-corrected chi connectivity index (χ2v) is 4.24. The lowest BCUT2D eigenvalue weighted by Crippen LogP contribution is -2.08. The highest BCUT2D eigenvalue weighted by molar-refractivity contribution is 6.67. The van der Waals surface area contributed by atoms with Crippen molar-refractivity contribution in [1.29, 1.82) is 0 Å². The van der Waals surface area contributed by atoms with Crippen LogP contribution >= 0.6 is 11.6 Å². The minimum absolute atomic E-state index is 0.0229. The van der Waals surface area contributed by atoms with E-state index in [0.717, 1.165) is 6.07 Å². The molecule has 0 bridgehead atoms. The Bertz CT molecular complexity index is 606. The van der Waals surface area contributed by atoms with Gasteiger partial charge in [0.25, 0.3) is 5.24 Å². The third-order valence-corrected chi connectivity index (χ3v) is 2.85. The molecule has 0 unspecified atom stereocenters. The van der Waals surface area contributed by atoms with Crippen LogP contribution in [-0.2, 0) is 6.18 Å². The predicted octanol–water partition coefficient (Wildman–Crippen LogP) is 4.75. The summed E-state index contributed by atoms with van der Waals surface area (Å²) in [6, 6.07) is 11.5. The molecule has 0 spiro atoms. The molecule has 2 aromatic rings. The molecule has 0 heterocycles. The van der Waals surface area contributed by atoms with Crippen molar-refractivity contribution < 1.29 is 18.0 Å². The van der Waals surface area contributed by atoms with E-state index in [2.05, 4.69) is 0 Å². The highest BCUT2D eigenvalue weighted by Crippen LogP contribution is 2.37. The lowest BCUT2D eigenvalue weighted by Gasteiger charge is -2.13. The molecule has 0 N–H and O–H groups in total. The average Bonchev–Trinajstić information content (AvgIpc) is 2.38. The summed E-state index contributed by atoms with van der Waals surface area (Å²) in [7, 11) is 0. The standard InChI is InChI=1S/C14H8ClF3O/c15-13(19)10-6-7-11(9-4-2-1-3-5-9)12(8-10)14(16,17)18/h1-8H. The molecular weight excluding hydrogens is 277 g/mol. The van der Waals surface area contributed by atoms with Gasteiger partial charge in [0.1, 0.15) is 0 Å². The van der Waals surface area contributed by atoms with Gasteiger partial charge in [-0.2, -0.15) is 13.2 Å². The third-order valence-electron chi connectivity index (χ3n) is 2.64. The van der Waals surface area contributed by atoms with E-state index in [1.54, 1.807) is 30.3 Å². The number of carbonyl (C=O) groups is 1. The molecule has 0 fully saturated rings. The number of rotatable bonds is 2. The van der Waals surface area contributed by atoms with Gasteiger partial charge in [-0.25, -0.2) is 0 Å². The Balaban J connectivity index is 2.65.